The third-order valence-electron chi connectivity index (χ3n) is 2.57. The number of aliphatic hydroxyl groups excluding tert-OH is 1. The van der Waals surface area contributed by atoms with Crippen LogP contribution in [0.25, 0.3) is 0 Å². The Morgan fingerprint density at radius 1 is 1.43 bits per heavy atom. The molecule has 1 aliphatic heterocycles. The summed E-state index contributed by atoms with van der Waals surface area (Å²) in [5.41, 5.74) is 2.07. The van der Waals surface area contributed by atoms with Crippen molar-refractivity contribution in [3.8, 4) is 5.75 Å². The van der Waals surface area contributed by atoms with Gasteiger partial charge in [0, 0.05) is 6.42 Å². The highest BCUT2D eigenvalue weighted by Gasteiger charge is 2.29. The van der Waals surface area contributed by atoms with E-state index in [2.05, 4.69) is 13.8 Å². The average Bonchev–Trinajstić information content (AvgIpc) is 2.36. The highest BCUT2D eigenvalue weighted by atomic mass is 16.5. The molecule has 0 aromatic heterocycles. The Hall–Kier alpha value is -1.02. The fraction of sp³-hybridized carbons (Fsp3) is 0.500. The molecule has 2 nitrogen and oxygen atoms in total. The van der Waals surface area contributed by atoms with Crippen LogP contribution < -0.4 is 4.74 Å². The SMILES string of the molecule is C[C@@H](O)c1ccc2c(c1)CC(C)(C)O2. The van der Waals surface area contributed by atoms with Crippen LogP contribution in [0, 0.1) is 0 Å². The predicted octanol–water partition coefficient (Wildman–Crippen LogP) is 2.45. The summed E-state index contributed by atoms with van der Waals surface area (Å²) >= 11 is 0. The molecule has 2 heteroatoms. The highest BCUT2D eigenvalue weighted by Crippen LogP contribution is 2.35. The van der Waals surface area contributed by atoms with Gasteiger partial charge in [0.2, 0.25) is 0 Å². The molecule has 1 N–H and O–H groups in total. The monoisotopic (exact) mass is 192 g/mol. The second kappa shape index (κ2) is 2.99. The van der Waals surface area contributed by atoms with Gasteiger partial charge >= 0.3 is 0 Å². The van der Waals surface area contributed by atoms with E-state index in [4.69, 9.17) is 4.74 Å². The van der Waals surface area contributed by atoms with E-state index < -0.39 is 6.10 Å². The molecule has 14 heavy (non-hydrogen) atoms. The second-order valence-electron chi connectivity index (χ2n) is 4.58. The summed E-state index contributed by atoms with van der Waals surface area (Å²) < 4.78 is 5.75. The van der Waals surface area contributed by atoms with E-state index in [9.17, 15) is 5.11 Å². The molecule has 0 amide bonds. The first-order valence-corrected chi connectivity index (χ1v) is 4.98. The van der Waals surface area contributed by atoms with Crippen LogP contribution >= 0.6 is 0 Å². The number of ether oxygens (including phenoxy) is 1. The van der Waals surface area contributed by atoms with Gasteiger partial charge in [-0.1, -0.05) is 6.07 Å². The number of rotatable bonds is 1. The summed E-state index contributed by atoms with van der Waals surface area (Å²) in [6, 6.07) is 5.91. The van der Waals surface area contributed by atoms with Gasteiger partial charge in [-0.15, -0.1) is 0 Å². The first-order chi connectivity index (χ1) is 6.48. The van der Waals surface area contributed by atoms with Crippen LogP contribution in [0.5, 0.6) is 5.75 Å². The molecule has 0 bridgehead atoms. The molecule has 0 fully saturated rings. The zero-order valence-corrected chi connectivity index (χ0v) is 8.87. The van der Waals surface area contributed by atoms with Crippen molar-refractivity contribution in [1.29, 1.82) is 0 Å². The molecule has 0 aliphatic carbocycles. The summed E-state index contributed by atoms with van der Waals surface area (Å²) in [7, 11) is 0. The maximum absolute atomic E-state index is 9.44. The first kappa shape index (κ1) is 9.53. The Morgan fingerprint density at radius 2 is 2.14 bits per heavy atom. The summed E-state index contributed by atoms with van der Waals surface area (Å²) in [6.07, 6.45) is 0.520. The van der Waals surface area contributed by atoms with E-state index >= 15 is 0 Å². The molecule has 0 unspecified atom stereocenters. The quantitative estimate of drug-likeness (QED) is 0.740. The molecule has 0 saturated heterocycles. The molecule has 0 spiro atoms. The molecule has 0 radical (unpaired) electrons. The Bertz CT molecular complexity index is 353. The van der Waals surface area contributed by atoms with Crippen LogP contribution in [0.1, 0.15) is 38.0 Å². The lowest BCUT2D eigenvalue weighted by Gasteiger charge is -2.16. The van der Waals surface area contributed by atoms with Gasteiger partial charge in [-0.2, -0.15) is 0 Å². The van der Waals surface area contributed by atoms with E-state index in [-0.39, 0.29) is 5.60 Å². The van der Waals surface area contributed by atoms with Gasteiger partial charge in [-0.05, 0) is 44.0 Å². The van der Waals surface area contributed by atoms with Gasteiger partial charge in [0.15, 0.2) is 0 Å². The molecule has 0 saturated carbocycles. The van der Waals surface area contributed by atoms with E-state index in [1.807, 2.05) is 18.2 Å². The number of hydrogen-bond donors (Lipinski definition) is 1. The molecule has 1 atom stereocenters. The molecule has 76 valence electrons. The van der Waals surface area contributed by atoms with Gasteiger partial charge < -0.3 is 9.84 Å². The normalized spacial score (nSPS) is 20.0. The maximum atomic E-state index is 9.44. The van der Waals surface area contributed by atoms with Crippen molar-refractivity contribution >= 4 is 0 Å². The summed E-state index contributed by atoms with van der Waals surface area (Å²) in [4.78, 5) is 0. The molecule has 1 aliphatic rings. The Kier molecular flexibility index (Phi) is 2.04. The van der Waals surface area contributed by atoms with Crippen molar-refractivity contribution in [2.45, 2.75) is 38.9 Å². The van der Waals surface area contributed by atoms with Crippen LogP contribution in [0.3, 0.4) is 0 Å². The minimum Gasteiger partial charge on any atom is -0.487 e. The minimum atomic E-state index is -0.399. The summed E-state index contributed by atoms with van der Waals surface area (Å²) in [5, 5.41) is 9.44. The fourth-order valence-electron chi connectivity index (χ4n) is 1.89. The molecular weight excluding hydrogens is 176 g/mol. The third kappa shape index (κ3) is 1.62. The number of aliphatic hydroxyl groups is 1. The zero-order chi connectivity index (χ0) is 10.3. The summed E-state index contributed by atoms with van der Waals surface area (Å²) in [6.45, 7) is 5.94. The van der Waals surface area contributed by atoms with Gasteiger partial charge in [-0.25, -0.2) is 0 Å². The van der Waals surface area contributed by atoms with Crippen molar-refractivity contribution in [3.05, 3.63) is 29.3 Å². The zero-order valence-electron chi connectivity index (χ0n) is 8.87. The lowest BCUT2D eigenvalue weighted by molar-refractivity contribution is 0.138. The Labute approximate surface area is 84.5 Å². The maximum Gasteiger partial charge on any atom is 0.123 e. The van der Waals surface area contributed by atoms with E-state index in [1.165, 1.54) is 5.56 Å². The van der Waals surface area contributed by atoms with Crippen molar-refractivity contribution in [1.82, 2.24) is 0 Å². The van der Waals surface area contributed by atoms with Gasteiger partial charge in [-0.3, -0.25) is 0 Å². The van der Waals surface area contributed by atoms with Gasteiger partial charge in [0.05, 0.1) is 6.10 Å². The topological polar surface area (TPSA) is 29.5 Å². The van der Waals surface area contributed by atoms with Crippen molar-refractivity contribution < 1.29 is 9.84 Å². The van der Waals surface area contributed by atoms with Crippen molar-refractivity contribution in [2.24, 2.45) is 0 Å². The highest BCUT2D eigenvalue weighted by molar-refractivity contribution is 5.42. The lowest BCUT2D eigenvalue weighted by Crippen LogP contribution is -2.24. The predicted molar refractivity (Wildman–Crippen MR) is 55.5 cm³/mol. The van der Waals surface area contributed by atoms with E-state index in [0.29, 0.717) is 0 Å². The van der Waals surface area contributed by atoms with Crippen molar-refractivity contribution in [2.75, 3.05) is 0 Å². The molecule has 2 rings (SSSR count). The average molecular weight is 192 g/mol. The molecule has 1 aromatic rings. The Balaban J connectivity index is 2.36. The molecule has 1 aromatic carbocycles. The smallest absolute Gasteiger partial charge is 0.123 e. The Morgan fingerprint density at radius 3 is 2.79 bits per heavy atom. The number of fused-ring (bicyclic) bond motifs is 1. The van der Waals surface area contributed by atoms with Crippen LogP contribution in [0.2, 0.25) is 0 Å². The number of benzene rings is 1. The fourth-order valence-corrected chi connectivity index (χ4v) is 1.89. The standard InChI is InChI=1S/C12H16O2/c1-8(13)9-4-5-11-10(6-9)7-12(2,3)14-11/h4-6,8,13H,7H2,1-3H3/t8-/m1/s1. The lowest BCUT2D eigenvalue weighted by atomic mass is 9.99. The summed E-state index contributed by atoms with van der Waals surface area (Å²) in [5.74, 6) is 0.958. The number of hydrogen-bond acceptors (Lipinski definition) is 2. The second-order valence-corrected chi connectivity index (χ2v) is 4.58. The van der Waals surface area contributed by atoms with Gasteiger partial charge in [0.1, 0.15) is 11.4 Å². The van der Waals surface area contributed by atoms with Crippen LogP contribution in [0.15, 0.2) is 18.2 Å². The van der Waals surface area contributed by atoms with E-state index in [1.54, 1.807) is 6.92 Å². The molecule has 1 heterocycles. The van der Waals surface area contributed by atoms with E-state index in [0.717, 1.165) is 17.7 Å². The van der Waals surface area contributed by atoms with Crippen LogP contribution in [-0.4, -0.2) is 10.7 Å². The minimum absolute atomic E-state index is 0.0976. The van der Waals surface area contributed by atoms with Crippen molar-refractivity contribution in [3.63, 3.8) is 0 Å². The van der Waals surface area contributed by atoms with Crippen LogP contribution in [0.4, 0.5) is 0 Å². The van der Waals surface area contributed by atoms with Gasteiger partial charge in [0.25, 0.3) is 0 Å². The third-order valence-corrected chi connectivity index (χ3v) is 2.57. The van der Waals surface area contributed by atoms with Crippen LogP contribution in [-0.2, 0) is 6.42 Å². The molecular formula is C12H16O2. The first-order valence-electron chi connectivity index (χ1n) is 4.98. The largest absolute Gasteiger partial charge is 0.487 e.